The summed E-state index contributed by atoms with van der Waals surface area (Å²) >= 11 is 6.55. The fourth-order valence-corrected chi connectivity index (χ4v) is 3.62. The van der Waals surface area contributed by atoms with Gasteiger partial charge in [0.05, 0.1) is 18.6 Å². The van der Waals surface area contributed by atoms with Gasteiger partial charge >= 0.3 is 5.97 Å². The third kappa shape index (κ3) is 5.85. The van der Waals surface area contributed by atoms with Crippen LogP contribution in [-0.4, -0.2) is 41.4 Å². The number of carbonyl (C=O) groups excluding carboxylic acids is 2. The molecule has 1 aromatic carbocycles. The van der Waals surface area contributed by atoms with Gasteiger partial charge in [0, 0.05) is 13.0 Å². The van der Waals surface area contributed by atoms with Gasteiger partial charge in [0.2, 0.25) is 0 Å². The number of thioether (sulfide) groups is 1. The highest BCUT2D eigenvalue weighted by atomic mass is 32.2. The molecule has 0 aromatic heterocycles. The fourth-order valence-electron chi connectivity index (χ4n) is 2.33. The number of benzene rings is 1. The first-order chi connectivity index (χ1) is 12.5. The fraction of sp³-hybridized carbons (Fsp3) is 0.421. The first-order valence-corrected chi connectivity index (χ1v) is 9.82. The van der Waals surface area contributed by atoms with Crippen molar-refractivity contribution in [2.75, 3.05) is 20.3 Å². The number of rotatable bonds is 9. The summed E-state index contributed by atoms with van der Waals surface area (Å²) in [5, 5.41) is -0.103. The minimum absolute atomic E-state index is 0.103. The van der Waals surface area contributed by atoms with Crippen molar-refractivity contribution >= 4 is 46.3 Å². The molecule has 1 saturated heterocycles. The summed E-state index contributed by atoms with van der Waals surface area (Å²) in [4.78, 5) is 26.6. The molecule has 1 aliphatic rings. The van der Waals surface area contributed by atoms with Crippen molar-refractivity contribution < 1.29 is 19.1 Å². The van der Waals surface area contributed by atoms with E-state index in [-0.39, 0.29) is 17.6 Å². The van der Waals surface area contributed by atoms with Crippen molar-refractivity contribution in [1.29, 1.82) is 0 Å². The number of nitrogens with zero attached hydrogens (tertiary/aromatic N) is 1. The normalized spacial score (nSPS) is 15.6. The second-order valence-corrected chi connectivity index (χ2v) is 7.16. The average Bonchev–Trinajstić information content (AvgIpc) is 2.90. The number of ether oxygens (including phenoxy) is 2. The molecule has 26 heavy (non-hydrogen) atoms. The molecule has 1 aromatic rings. The van der Waals surface area contributed by atoms with E-state index in [4.69, 9.17) is 21.7 Å². The van der Waals surface area contributed by atoms with E-state index in [1.165, 1.54) is 0 Å². The largest absolute Gasteiger partial charge is 0.497 e. The van der Waals surface area contributed by atoms with Crippen molar-refractivity contribution in [2.24, 2.45) is 0 Å². The zero-order chi connectivity index (χ0) is 18.9. The van der Waals surface area contributed by atoms with Crippen LogP contribution in [0.5, 0.6) is 5.75 Å². The van der Waals surface area contributed by atoms with Gasteiger partial charge in [-0.25, -0.2) is 0 Å². The van der Waals surface area contributed by atoms with Crippen LogP contribution in [0.1, 0.15) is 38.2 Å². The first kappa shape index (κ1) is 20.5. The molecule has 2 rings (SSSR count). The van der Waals surface area contributed by atoms with E-state index in [9.17, 15) is 9.59 Å². The quantitative estimate of drug-likeness (QED) is 0.263. The SMILES string of the molecule is CCCCOC(=O)CCCN1C(=O)S/C(=C\c2ccc(OC)cc2)C1=S. The molecule has 140 valence electrons. The van der Waals surface area contributed by atoms with Crippen molar-refractivity contribution in [3.8, 4) is 5.75 Å². The smallest absolute Gasteiger partial charge is 0.305 e. The number of unbranched alkanes of at least 4 members (excludes halogenated alkanes) is 1. The molecule has 0 aliphatic carbocycles. The van der Waals surface area contributed by atoms with Gasteiger partial charge in [-0.3, -0.25) is 14.5 Å². The predicted molar refractivity (Wildman–Crippen MR) is 108 cm³/mol. The summed E-state index contributed by atoms with van der Waals surface area (Å²) in [6, 6.07) is 7.54. The summed E-state index contributed by atoms with van der Waals surface area (Å²) in [5.74, 6) is 0.551. The Kier molecular flexibility index (Phi) is 8.12. The highest BCUT2D eigenvalue weighted by Crippen LogP contribution is 2.33. The van der Waals surface area contributed by atoms with Gasteiger partial charge in [0.15, 0.2) is 0 Å². The zero-order valence-electron chi connectivity index (χ0n) is 15.0. The van der Waals surface area contributed by atoms with E-state index in [1.54, 1.807) is 12.0 Å². The maximum atomic E-state index is 12.2. The summed E-state index contributed by atoms with van der Waals surface area (Å²) in [7, 11) is 1.62. The highest BCUT2D eigenvalue weighted by molar-refractivity contribution is 8.19. The molecule has 0 radical (unpaired) electrons. The standard InChI is InChI=1S/C19H23NO4S2/c1-3-4-12-24-17(21)6-5-11-20-18(25)16(26-19(20)22)13-14-7-9-15(23-2)10-8-14/h7-10,13H,3-6,11-12H2,1-2H3/b16-13-. The maximum Gasteiger partial charge on any atom is 0.305 e. The van der Waals surface area contributed by atoms with E-state index in [1.807, 2.05) is 37.3 Å². The third-order valence-corrected chi connectivity index (χ3v) is 5.31. The number of hydrogen-bond acceptors (Lipinski definition) is 6. The van der Waals surface area contributed by atoms with Crippen LogP contribution in [0.4, 0.5) is 4.79 Å². The van der Waals surface area contributed by atoms with Crippen LogP contribution >= 0.6 is 24.0 Å². The Hall–Kier alpha value is -1.86. The second kappa shape index (κ2) is 10.3. The summed E-state index contributed by atoms with van der Waals surface area (Å²) in [5.41, 5.74) is 0.949. The first-order valence-electron chi connectivity index (χ1n) is 8.60. The molecule has 7 heteroatoms. The van der Waals surface area contributed by atoms with Crippen molar-refractivity contribution in [3.63, 3.8) is 0 Å². The molecule has 1 fully saturated rings. The molecule has 1 heterocycles. The molecule has 1 amide bonds. The summed E-state index contributed by atoms with van der Waals surface area (Å²) < 4.78 is 10.3. The molecular weight excluding hydrogens is 370 g/mol. The van der Waals surface area contributed by atoms with Crippen LogP contribution in [0.3, 0.4) is 0 Å². The molecule has 1 aliphatic heterocycles. The molecule has 0 spiro atoms. The van der Waals surface area contributed by atoms with Gasteiger partial charge in [-0.05, 0) is 48.4 Å². The zero-order valence-corrected chi connectivity index (χ0v) is 16.7. The summed E-state index contributed by atoms with van der Waals surface area (Å²) in [6.45, 7) is 2.93. The minimum atomic E-state index is -0.224. The van der Waals surface area contributed by atoms with Crippen LogP contribution in [0.25, 0.3) is 6.08 Å². The minimum Gasteiger partial charge on any atom is -0.497 e. The predicted octanol–water partition coefficient (Wildman–Crippen LogP) is 4.66. The highest BCUT2D eigenvalue weighted by Gasteiger charge is 2.31. The maximum absolute atomic E-state index is 12.2. The number of carbonyl (C=O) groups is 2. The summed E-state index contributed by atoms with van der Waals surface area (Å²) in [6.07, 6.45) is 4.58. The van der Waals surface area contributed by atoms with E-state index < -0.39 is 0 Å². The van der Waals surface area contributed by atoms with E-state index >= 15 is 0 Å². The lowest BCUT2D eigenvalue weighted by Gasteiger charge is -2.14. The molecule has 0 atom stereocenters. The van der Waals surface area contributed by atoms with E-state index in [0.717, 1.165) is 40.8 Å². The van der Waals surface area contributed by atoms with Crippen LogP contribution in [0, 0.1) is 0 Å². The van der Waals surface area contributed by atoms with E-state index in [0.29, 0.717) is 24.6 Å². The van der Waals surface area contributed by atoms with Gasteiger partial charge in [-0.2, -0.15) is 0 Å². The molecule has 5 nitrogen and oxygen atoms in total. The lowest BCUT2D eigenvalue weighted by atomic mass is 10.2. The number of thiocarbonyl (C=S) groups is 1. The van der Waals surface area contributed by atoms with Crippen molar-refractivity contribution in [2.45, 2.75) is 32.6 Å². The van der Waals surface area contributed by atoms with Crippen LogP contribution in [0.2, 0.25) is 0 Å². The molecule has 0 N–H and O–H groups in total. The average molecular weight is 394 g/mol. The Morgan fingerprint density at radius 2 is 2.00 bits per heavy atom. The Bertz CT molecular complexity index is 685. The lowest BCUT2D eigenvalue weighted by molar-refractivity contribution is -0.143. The van der Waals surface area contributed by atoms with Gasteiger partial charge in [0.1, 0.15) is 10.7 Å². The number of hydrogen-bond donors (Lipinski definition) is 0. The molecule has 0 saturated carbocycles. The van der Waals surface area contributed by atoms with Crippen molar-refractivity contribution in [1.82, 2.24) is 4.90 Å². The van der Waals surface area contributed by atoms with Gasteiger partial charge < -0.3 is 9.47 Å². The number of esters is 1. The molecular formula is C19H23NO4S2. The molecule has 0 bridgehead atoms. The Balaban J connectivity index is 1.87. The van der Waals surface area contributed by atoms with Gasteiger partial charge in [-0.1, -0.05) is 37.7 Å². The van der Waals surface area contributed by atoms with Gasteiger partial charge in [0.25, 0.3) is 5.24 Å². The monoisotopic (exact) mass is 393 g/mol. The van der Waals surface area contributed by atoms with Crippen LogP contribution < -0.4 is 4.74 Å². The van der Waals surface area contributed by atoms with E-state index in [2.05, 4.69) is 0 Å². The Morgan fingerprint density at radius 1 is 1.27 bits per heavy atom. The number of amides is 1. The second-order valence-electron chi connectivity index (χ2n) is 5.78. The third-order valence-electron chi connectivity index (χ3n) is 3.81. The van der Waals surface area contributed by atoms with Crippen LogP contribution in [0.15, 0.2) is 29.2 Å². The van der Waals surface area contributed by atoms with Crippen LogP contribution in [-0.2, 0) is 9.53 Å². The Labute approximate surface area is 163 Å². The lowest BCUT2D eigenvalue weighted by Crippen LogP contribution is -2.28. The van der Waals surface area contributed by atoms with Gasteiger partial charge in [-0.15, -0.1) is 0 Å². The molecule has 0 unspecified atom stereocenters. The van der Waals surface area contributed by atoms with Crippen molar-refractivity contribution in [3.05, 3.63) is 34.7 Å². The Morgan fingerprint density at radius 3 is 2.65 bits per heavy atom. The topological polar surface area (TPSA) is 55.8 Å². The number of methoxy groups -OCH3 is 1.